The van der Waals surface area contributed by atoms with Crippen LogP contribution in [-0.2, 0) is 10.2 Å². The predicted molar refractivity (Wildman–Crippen MR) is 104 cm³/mol. The van der Waals surface area contributed by atoms with Crippen LogP contribution in [0.25, 0.3) is 0 Å². The fraction of sp³-hybridized carbons (Fsp3) is 0.300. The predicted octanol–water partition coefficient (Wildman–Crippen LogP) is 4.18. The number of halogens is 1. The molecule has 26 heavy (non-hydrogen) atoms. The standard InChI is InChI=1S/C20H23ClN2O3/c1-20(2,3)15-6-8-16(9-7-15)26-13-19(24)23-22-12-14-5-10-18(25-4)17(21)11-14/h5-12H,13H2,1-4H3,(H,23,24)/b22-12-. The third-order valence-electron chi connectivity index (χ3n) is 3.67. The van der Waals surface area contributed by atoms with Gasteiger partial charge in [0.1, 0.15) is 11.5 Å². The highest BCUT2D eigenvalue weighted by atomic mass is 35.5. The number of benzene rings is 2. The molecule has 1 N–H and O–H groups in total. The first kappa shape index (κ1) is 19.8. The van der Waals surface area contributed by atoms with Crippen LogP contribution in [-0.4, -0.2) is 25.8 Å². The number of carbonyl (C=O) groups is 1. The van der Waals surface area contributed by atoms with E-state index >= 15 is 0 Å². The lowest BCUT2D eigenvalue weighted by atomic mass is 9.87. The lowest BCUT2D eigenvalue weighted by Crippen LogP contribution is -2.24. The van der Waals surface area contributed by atoms with Crippen molar-refractivity contribution in [1.82, 2.24) is 5.43 Å². The molecule has 1 amide bonds. The second-order valence-electron chi connectivity index (χ2n) is 6.75. The molecule has 0 radical (unpaired) electrons. The Hall–Kier alpha value is -2.53. The number of methoxy groups -OCH3 is 1. The molecule has 0 saturated heterocycles. The van der Waals surface area contributed by atoms with Crippen molar-refractivity contribution in [1.29, 1.82) is 0 Å². The second kappa shape index (κ2) is 8.72. The Morgan fingerprint density at radius 3 is 2.46 bits per heavy atom. The van der Waals surface area contributed by atoms with E-state index in [1.807, 2.05) is 24.3 Å². The van der Waals surface area contributed by atoms with E-state index in [0.29, 0.717) is 16.5 Å². The van der Waals surface area contributed by atoms with Crippen molar-refractivity contribution < 1.29 is 14.3 Å². The van der Waals surface area contributed by atoms with Crippen molar-refractivity contribution in [3.63, 3.8) is 0 Å². The average molecular weight is 375 g/mol. The van der Waals surface area contributed by atoms with Crippen molar-refractivity contribution >= 4 is 23.7 Å². The molecule has 0 aliphatic heterocycles. The van der Waals surface area contributed by atoms with Gasteiger partial charge in [0.05, 0.1) is 18.3 Å². The van der Waals surface area contributed by atoms with Gasteiger partial charge in [-0.3, -0.25) is 4.79 Å². The third-order valence-corrected chi connectivity index (χ3v) is 3.96. The lowest BCUT2D eigenvalue weighted by molar-refractivity contribution is -0.123. The maximum absolute atomic E-state index is 11.8. The Kier molecular flexibility index (Phi) is 6.64. The van der Waals surface area contributed by atoms with Gasteiger partial charge in [-0.15, -0.1) is 0 Å². The molecule has 2 rings (SSSR count). The first-order valence-corrected chi connectivity index (χ1v) is 8.56. The highest BCUT2D eigenvalue weighted by molar-refractivity contribution is 6.32. The summed E-state index contributed by atoms with van der Waals surface area (Å²) < 4.78 is 10.5. The van der Waals surface area contributed by atoms with E-state index in [0.717, 1.165) is 5.56 Å². The maximum atomic E-state index is 11.8. The van der Waals surface area contributed by atoms with Crippen LogP contribution in [0, 0.1) is 0 Å². The van der Waals surface area contributed by atoms with Crippen LogP contribution in [0.5, 0.6) is 11.5 Å². The molecule has 0 aliphatic carbocycles. The zero-order valence-electron chi connectivity index (χ0n) is 15.4. The second-order valence-corrected chi connectivity index (χ2v) is 7.16. The van der Waals surface area contributed by atoms with Gasteiger partial charge < -0.3 is 9.47 Å². The summed E-state index contributed by atoms with van der Waals surface area (Å²) in [6.07, 6.45) is 1.50. The Bertz CT molecular complexity index is 781. The van der Waals surface area contributed by atoms with Crippen LogP contribution in [0.4, 0.5) is 0 Å². The van der Waals surface area contributed by atoms with E-state index in [4.69, 9.17) is 21.1 Å². The first-order valence-electron chi connectivity index (χ1n) is 8.18. The van der Waals surface area contributed by atoms with Gasteiger partial charge in [-0.25, -0.2) is 5.43 Å². The normalized spacial score (nSPS) is 11.4. The number of hydrazone groups is 1. The monoisotopic (exact) mass is 374 g/mol. The molecule has 0 aliphatic rings. The fourth-order valence-electron chi connectivity index (χ4n) is 2.17. The van der Waals surface area contributed by atoms with Gasteiger partial charge in [-0.2, -0.15) is 5.10 Å². The summed E-state index contributed by atoms with van der Waals surface area (Å²) in [5, 5.41) is 4.37. The largest absolute Gasteiger partial charge is 0.495 e. The molecule has 0 bridgehead atoms. The van der Waals surface area contributed by atoms with Crippen molar-refractivity contribution in [3.8, 4) is 11.5 Å². The van der Waals surface area contributed by atoms with E-state index in [2.05, 4.69) is 31.3 Å². The quantitative estimate of drug-likeness (QED) is 0.609. The summed E-state index contributed by atoms with van der Waals surface area (Å²) >= 11 is 6.03. The van der Waals surface area contributed by atoms with Crippen molar-refractivity contribution in [2.24, 2.45) is 5.10 Å². The van der Waals surface area contributed by atoms with E-state index in [-0.39, 0.29) is 17.9 Å². The molecule has 0 saturated carbocycles. The van der Waals surface area contributed by atoms with Gasteiger partial charge in [0.15, 0.2) is 6.61 Å². The molecule has 6 heteroatoms. The first-order chi connectivity index (χ1) is 12.3. The lowest BCUT2D eigenvalue weighted by Gasteiger charge is -2.19. The van der Waals surface area contributed by atoms with Crippen LogP contribution in [0.15, 0.2) is 47.6 Å². The summed E-state index contributed by atoms with van der Waals surface area (Å²) in [6.45, 7) is 6.31. The number of ether oxygens (including phenoxy) is 2. The Morgan fingerprint density at radius 2 is 1.88 bits per heavy atom. The molecular weight excluding hydrogens is 352 g/mol. The van der Waals surface area contributed by atoms with Crippen LogP contribution >= 0.6 is 11.6 Å². The minimum atomic E-state index is -0.347. The van der Waals surface area contributed by atoms with Crippen LogP contribution in [0.2, 0.25) is 5.02 Å². The maximum Gasteiger partial charge on any atom is 0.277 e. The molecule has 5 nitrogen and oxygen atoms in total. The number of nitrogens with one attached hydrogen (secondary N) is 1. The summed E-state index contributed by atoms with van der Waals surface area (Å²) in [5.74, 6) is 0.874. The zero-order valence-corrected chi connectivity index (χ0v) is 16.1. The molecule has 0 unspecified atom stereocenters. The Labute approximate surface area is 159 Å². The molecule has 138 valence electrons. The zero-order chi connectivity index (χ0) is 19.2. The molecule has 2 aromatic rings. The van der Waals surface area contributed by atoms with Crippen molar-refractivity contribution in [2.45, 2.75) is 26.2 Å². The molecule has 0 fully saturated rings. The molecule has 0 atom stereocenters. The number of hydrogen-bond acceptors (Lipinski definition) is 4. The highest BCUT2D eigenvalue weighted by Crippen LogP contribution is 2.25. The van der Waals surface area contributed by atoms with Gasteiger partial charge in [0.2, 0.25) is 0 Å². The topological polar surface area (TPSA) is 59.9 Å². The van der Waals surface area contributed by atoms with Crippen molar-refractivity contribution in [3.05, 3.63) is 58.6 Å². The van der Waals surface area contributed by atoms with E-state index in [1.54, 1.807) is 25.3 Å². The SMILES string of the molecule is COc1ccc(/C=N\NC(=O)COc2ccc(C(C)(C)C)cc2)cc1Cl. The number of amides is 1. The summed E-state index contributed by atoms with van der Waals surface area (Å²) in [6, 6.07) is 12.9. The molecule has 0 aromatic heterocycles. The van der Waals surface area contributed by atoms with Crippen LogP contribution < -0.4 is 14.9 Å². The van der Waals surface area contributed by atoms with E-state index in [1.165, 1.54) is 11.8 Å². The van der Waals surface area contributed by atoms with Crippen LogP contribution in [0.1, 0.15) is 31.9 Å². The number of nitrogens with zero attached hydrogens (tertiary/aromatic N) is 1. The van der Waals surface area contributed by atoms with Gasteiger partial charge in [-0.05, 0) is 46.9 Å². The Balaban J connectivity index is 1.82. The average Bonchev–Trinajstić information content (AvgIpc) is 2.60. The number of hydrogen-bond donors (Lipinski definition) is 1. The molecule has 0 heterocycles. The third kappa shape index (κ3) is 5.77. The van der Waals surface area contributed by atoms with E-state index < -0.39 is 0 Å². The minimum absolute atomic E-state index is 0.0783. The fourth-order valence-corrected chi connectivity index (χ4v) is 2.44. The molecule has 0 spiro atoms. The smallest absolute Gasteiger partial charge is 0.277 e. The summed E-state index contributed by atoms with van der Waals surface area (Å²) in [7, 11) is 1.55. The van der Waals surface area contributed by atoms with Gasteiger partial charge >= 0.3 is 0 Å². The Morgan fingerprint density at radius 1 is 1.19 bits per heavy atom. The minimum Gasteiger partial charge on any atom is -0.495 e. The van der Waals surface area contributed by atoms with Gasteiger partial charge in [0, 0.05) is 0 Å². The van der Waals surface area contributed by atoms with Gasteiger partial charge in [-0.1, -0.05) is 44.5 Å². The van der Waals surface area contributed by atoms with Gasteiger partial charge in [0.25, 0.3) is 5.91 Å². The summed E-state index contributed by atoms with van der Waals surface area (Å²) in [5.41, 5.74) is 4.45. The van der Waals surface area contributed by atoms with Crippen LogP contribution in [0.3, 0.4) is 0 Å². The van der Waals surface area contributed by atoms with E-state index in [9.17, 15) is 4.79 Å². The van der Waals surface area contributed by atoms with Crippen molar-refractivity contribution in [2.75, 3.05) is 13.7 Å². The number of rotatable bonds is 6. The molecular formula is C20H23ClN2O3. The highest BCUT2D eigenvalue weighted by Gasteiger charge is 2.13. The number of carbonyl (C=O) groups excluding carboxylic acids is 1. The summed E-state index contributed by atoms with van der Waals surface area (Å²) in [4.78, 5) is 11.8. The molecule has 2 aromatic carbocycles.